The van der Waals surface area contributed by atoms with E-state index in [4.69, 9.17) is 5.14 Å². The Bertz CT molecular complexity index is 479. The van der Waals surface area contributed by atoms with Gasteiger partial charge in [0.15, 0.2) is 0 Å². The van der Waals surface area contributed by atoms with E-state index in [9.17, 15) is 8.42 Å². The third kappa shape index (κ3) is 4.60. The number of nitrogens with two attached hydrogens (primary N) is 1. The molecular weight excluding hydrogens is 260 g/mol. The van der Waals surface area contributed by atoms with E-state index in [-0.39, 0.29) is 0 Å². The predicted octanol–water partition coefficient (Wildman–Crippen LogP) is 1.42. The molecule has 0 saturated carbocycles. The zero-order chi connectivity index (χ0) is 13.7. The molecule has 4 nitrogen and oxygen atoms in total. The maximum Gasteiger partial charge on any atom is 0.213 e. The summed E-state index contributed by atoms with van der Waals surface area (Å²) in [6, 6.07) is 10.9. The van der Waals surface area contributed by atoms with Crippen molar-refractivity contribution in [2.45, 2.75) is 43.4 Å². The molecule has 2 unspecified atom stereocenters. The molecule has 19 heavy (non-hydrogen) atoms. The summed E-state index contributed by atoms with van der Waals surface area (Å²) < 4.78 is 22.5. The summed E-state index contributed by atoms with van der Waals surface area (Å²) in [6.07, 6.45) is 4.88. The van der Waals surface area contributed by atoms with Gasteiger partial charge >= 0.3 is 0 Å². The lowest BCUT2D eigenvalue weighted by molar-refractivity contribution is 0.374. The first kappa shape index (κ1) is 14.5. The average Bonchev–Trinajstić information content (AvgIpc) is 2.39. The third-order valence-electron chi connectivity index (χ3n) is 3.80. The first-order valence-electron chi connectivity index (χ1n) is 6.84. The fraction of sp³-hybridized carbons (Fsp3) is 0.571. The van der Waals surface area contributed by atoms with Crippen molar-refractivity contribution in [1.82, 2.24) is 5.32 Å². The SMILES string of the molecule is NS(=O)(=O)C1CCC(CCCc2ccccc2)NC1. The highest BCUT2D eigenvalue weighted by Crippen LogP contribution is 2.17. The number of primary sulfonamides is 1. The maximum absolute atomic E-state index is 11.2. The Hall–Kier alpha value is -0.910. The van der Waals surface area contributed by atoms with Crippen molar-refractivity contribution in [2.24, 2.45) is 5.14 Å². The summed E-state index contributed by atoms with van der Waals surface area (Å²) in [7, 11) is -3.38. The molecule has 1 aliphatic rings. The normalized spacial score (nSPS) is 24.3. The van der Waals surface area contributed by atoms with Crippen molar-refractivity contribution in [2.75, 3.05) is 6.54 Å². The van der Waals surface area contributed by atoms with Crippen LogP contribution in [0.4, 0.5) is 0 Å². The Kier molecular flexibility index (Phi) is 4.96. The van der Waals surface area contributed by atoms with E-state index in [0.29, 0.717) is 19.0 Å². The minimum atomic E-state index is -3.38. The molecule has 106 valence electrons. The van der Waals surface area contributed by atoms with Gasteiger partial charge in [0.05, 0.1) is 5.25 Å². The van der Waals surface area contributed by atoms with E-state index in [1.165, 1.54) is 5.56 Å². The van der Waals surface area contributed by atoms with E-state index >= 15 is 0 Å². The van der Waals surface area contributed by atoms with Gasteiger partial charge in [-0.25, -0.2) is 13.6 Å². The van der Waals surface area contributed by atoms with E-state index in [0.717, 1.165) is 25.7 Å². The highest BCUT2D eigenvalue weighted by atomic mass is 32.2. The maximum atomic E-state index is 11.2. The number of rotatable bonds is 5. The zero-order valence-corrected chi connectivity index (χ0v) is 11.9. The second-order valence-corrected chi connectivity index (χ2v) is 7.12. The summed E-state index contributed by atoms with van der Waals surface area (Å²) in [6.45, 7) is 0.495. The number of benzene rings is 1. The second-order valence-electron chi connectivity index (χ2n) is 5.27. The zero-order valence-electron chi connectivity index (χ0n) is 11.1. The molecule has 2 atom stereocenters. The van der Waals surface area contributed by atoms with Crippen molar-refractivity contribution in [3.05, 3.63) is 35.9 Å². The second kappa shape index (κ2) is 6.50. The van der Waals surface area contributed by atoms with Gasteiger partial charge < -0.3 is 5.32 Å². The molecule has 1 aromatic carbocycles. The summed E-state index contributed by atoms with van der Waals surface area (Å²) >= 11 is 0. The van der Waals surface area contributed by atoms with Gasteiger partial charge in [-0.3, -0.25) is 0 Å². The Morgan fingerprint density at radius 1 is 1.21 bits per heavy atom. The molecule has 0 bridgehead atoms. The van der Waals surface area contributed by atoms with Gasteiger partial charge in [-0.2, -0.15) is 0 Å². The standard InChI is InChI=1S/C14H22N2O2S/c15-19(17,18)14-10-9-13(16-11-14)8-4-7-12-5-2-1-3-6-12/h1-3,5-6,13-14,16H,4,7-11H2,(H2,15,17,18). The average molecular weight is 282 g/mol. The number of sulfonamides is 1. The van der Waals surface area contributed by atoms with Gasteiger partial charge in [0.1, 0.15) is 0 Å². The molecule has 0 aliphatic carbocycles. The first-order valence-corrected chi connectivity index (χ1v) is 8.45. The summed E-state index contributed by atoms with van der Waals surface area (Å²) in [5.74, 6) is 0. The first-order chi connectivity index (χ1) is 9.05. The van der Waals surface area contributed by atoms with Gasteiger partial charge in [0.25, 0.3) is 0 Å². The molecule has 1 fully saturated rings. The Morgan fingerprint density at radius 3 is 2.53 bits per heavy atom. The monoisotopic (exact) mass is 282 g/mol. The van der Waals surface area contributed by atoms with Crippen LogP contribution in [0.1, 0.15) is 31.2 Å². The van der Waals surface area contributed by atoms with Gasteiger partial charge in [0, 0.05) is 12.6 Å². The molecular formula is C14H22N2O2S. The van der Waals surface area contributed by atoms with Crippen LogP contribution in [0, 0.1) is 0 Å². The molecule has 0 amide bonds. The lowest BCUT2D eigenvalue weighted by atomic mass is 9.98. The van der Waals surface area contributed by atoms with E-state index in [1.54, 1.807) is 0 Å². The van der Waals surface area contributed by atoms with Crippen molar-refractivity contribution >= 4 is 10.0 Å². The molecule has 5 heteroatoms. The molecule has 1 heterocycles. The topological polar surface area (TPSA) is 72.2 Å². The molecule has 1 aromatic rings. The molecule has 1 saturated heterocycles. The predicted molar refractivity (Wildman–Crippen MR) is 77.3 cm³/mol. The summed E-state index contributed by atoms with van der Waals surface area (Å²) in [5, 5.41) is 8.06. The van der Waals surface area contributed by atoms with Gasteiger partial charge in [-0.15, -0.1) is 0 Å². The van der Waals surface area contributed by atoms with E-state index < -0.39 is 15.3 Å². The van der Waals surface area contributed by atoms with Crippen LogP contribution < -0.4 is 10.5 Å². The molecule has 0 aromatic heterocycles. The largest absolute Gasteiger partial charge is 0.313 e. The highest BCUT2D eigenvalue weighted by Gasteiger charge is 2.27. The summed E-state index contributed by atoms with van der Waals surface area (Å²) in [4.78, 5) is 0. The van der Waals surface area contributed by atoms with Crippen LogP contribution in [0.25, 0.3) is 0 Å². The fourth-order valence-electron chi connectivity index (χ4n) is 2.61. The number of piperidine rings is 1. The minimum Gasteiger partial charge on any atom is -0.313 e. The number of hydrogen-bond donors (Lipinski definition) is 2. The molecule has 3 N–H and O–H groups in total. The van der Waals surface area contributed by atoms with Crippen LogP contribution in [0.5, 0.6) is 0 Å². The fourth-order valence-corrected chi connectivity index (χ4v) is 3.41. The number of hydrogen-bond acceptors (Lipinski definition) is 3. The van der Waals surface area contributed by atoms with Gasteiger partial charge in [-0.1, -0.05) is 30.3 Å². The van der Waals surface area contributed by atoms with Crippen molar-refractivity contribution < 1.29 is 8.42 Å². The Labute approximate surface area is 115 Å². The van der Waals surface area contributed by atoms with Crippen LogP contribution in [-0.2, 0) is 16.4 Å². The molecule has 1 aliphatic heterocycles. The van der Waals surface area contributed by atoms with Gasteiger partial charge in [-0.05, 0) is 37.7 Å². The van der Waals surface area contributed by atoms with Crippen molar-refractivity contribution in [3.63, 3.8) is 0 Å². The van der Waals surface area contributed by atoms with Crippen LogP contribution >= 0.6 is 0 Å². The van der Waals surface area contributed by atoms with Crippen molar-refractivity contribution in [3.8, 4) is 0 Å². The lowest BCUT2D eigenvalue weighted by Crippen LogP contribution is -2.46. The summed E-state index contributed by atoms with van der Waals surface area (Å²) in [5.41, 5.74) is 1.36. The van der Waals surface area contributed by atoms with Crippen molar-refractivity contribution in [1.29, 1.82) is 0 Å². The highest BCUT2D eigenvalue weighted by molar-refractivity contribution is 7.89. The molecule has 0 radical (unpaired) electrons. The van der Waals surface area contributed by atoms with E-state index in [1.807, 2.05) is 6.07 Å². The number of aryl methyl sites for hydroxylation is 1. The molecule has 2 rings (SSSR count). The lowest BCUT2D eigenvalue weighted by Gasteiger charge is -2.28. The quantitative estimate of drug-likeness (QED) is 0.858. The van der Waals surface area contributed by atoms with Crippen LogP contribution in [0.2, 0.25) is 0 Å². The van der Waals surface area contributed by atoms with Gasteiger partial charge in [0.2, 0.25) is 10.0 Å². The Morgan fingerprint density at radius 2 is 1.95 bits per heavy atom. The minimum absolute atomic E-state index is 0.405. The molecule has 0 spiro atoms. The van der Waals surface area contributed by atoms with Crippen LogP contribution in [0.3, 0.4) is 0 Å². The third-order valence-corrected chi connectivity index (χ3v) is 5.13. The smallest absolute Gasteiger partial charge is 0.213 e. The Balaban J connectivity index is 1.69. The van der Waals surface area contributed by atoms with Crippen LogP contribution in [0.15, 0.2) is 30.3 Å². The van der Waals surface area contributed by atoms with Crippen LogP contribution in [-0.4, -0.2) is 26.3 Å². The number of nitrogens with one attached hydrogen (secondary N) is 1. The van der Waals surface area contributed by atoms with E-state index in [2.05, 4.69) is 29.6 Å².